The van der Waals surface area contributed by atoms with E-state index in [1.807, 2.05) is 24.3 Å². The molecule has 1 fully saturated rings. The molecule has 30 heavy (non-hydrogen) atoms. The first-order valence-corrected chi connectivity index (χ1v) is 10.6. The zero-order valence-corrected chi connectivity index (χ0v) is 17.5. The molecule has 0 spiro atoms. The van der Waals surface area contributed by atoms with Crippen molar-refractivity contribution in [2.24, 2.45) is 0 Å². The van der Waals surface area contributed by atoms with Gasteiger partial charge in [0.05, 0.1) is 6.42 Å². The molecule has 1 heterocycles. The highest BCUT2D eigenvalue weighted by Crippen LogP contribution is 2.14. The maximum atomic E-state index is 13.0. The van der Waals surface area contributed by atoms with Crippen molar-refractivity contribution in [1.82, 2.24) is 9.80 Å². The minimum Gasteiger partial charge on any atom is -0.484 e. The van der Waals surface area contributed by atoms with Gasteiger partial charge in [-0.15, -0.1) is 0 Å². The minimum atomic E-state index is -0.311. The number of hydrogen-bond acceptors (Lipinski definition) is 3. The molecular formula is C24H29FN2O3. The number of ether oxygens (including phenoxy) is 1. The minimum absolute atomic E-state index is 0.000624. The third kappa shape index (κ3) is 6.31. The fraction of sp³-hybridized carbons (Fsp3) is 0.417. The second-order valence-corrected chi connectivity index (χ2v) is 7.60. The number of aryl methyl sites for hydroxylation is 1. The van der Waals surface area contributed by atoms with Gasteiger partial charge in [0.25, 0.3) is 5.91 Å². The van der Waals surface area contributed by atoms with Gasteiger partial charge in [0, 0.05) is 26.2 Å². The van der Waals surface area contributed by atoms with E-state index >= 15 is 0 Å². The van der Waals surface area contributed by atoms with Crippen molar-refractivity contribution >= 4 is 11.8 Å². The lowest BCUT2D eigenvalue weighted by Gasteiger charge is -2.22. The van der Waals surface area contributed by atoms with Gasteiger partial charge in [0.15, 0.2) is 6.61 Å². The van der Waals surface area contributed by atoms with Crippen molar-refractivity contribution in [3.8, 4) is 5.75 Å². The first kappa shape index (κ1) is 21.8. The summed E-state index contributed by atoms with van der Waals surface area (Å²) in [6.45, 7) is 4.35. The first-order valence-electron chi connectivity index (χ1n) is 10.6. The van der Waals surface area contributed by atoms with E-state index in [2.05, 4.69) is 6.92 Å². The van der Waals surface area contributed by atoms with E-state index in [1.165, 1.54) is 17.7 Å². The molecule has 3 rings (SSSR count). The summed E-state index contributed by atoms with van der Waals surface area (Å²) in [5, 5.41) is 0. The Morgan fingerprint density at radius 1 is 0.867 bits per heavy atom. The van der Waals surface area contributed by atoms with E-state index in [-0.39, 0.29) is 30.7 Å². The van der Waals surface area contributed by atoms with Crippen LogP contribution in [-0.2, 0) is 22.4 Å². The number of halogens is 1. The summed E-state index contributed by atoms with van der Waals surface area (Å²) < 4.78 is 18.7. The van der Waals surface area contributed by atoms with E-state index in [4.69, 9.17) is 4.74 Å². The molecule has 6 heteroatoms. The standard InChI is InChI=1S/C24H29FN2O3/c1-2-4-19-7-11-22(12-8-19)30-18-24(29)27-14-3-13-26(15-16-27)23(28)17-20-5-9-21(25)10-6-20/h5-12H,2-4,13-18H2,1H3. The lowest BCUT2D eigenvalue weighted by Crippen LogP contribution is -2.39. The number of amides is 2. The highest BCUT2D eigenvalue weighted by Gasteiger charge is 2.22. The van der Waals surface area contributed by atoms with Gasteiger partial charge >= 0.3 is 0 Å². The van der Waals surface area contributed by atoms with Crippen molar-refractivity contribution in [3.63, 3.8) is 0 Å². The number of carbonyl (C=O) groups is 2. The molecule has 0 N–H and O–H groups in total. The van der Waals surface area contributed by atoms with Crippen molar-refractivity contribution in [2.45, 2.75) is 32.6 Å². The largest absolute Gasteiger partial charge is 0.484 e. The van der Waals surface area contributed by atoms with Gasteiger partial charge in [-0.2, -0.15) is 0 Å². The molecule has 2 aromatic rings. The summed E-state index contributed by atoms with van der Waals surface area (Å²) in [4.78, 5) is 28.7. The number of benzene rings is 2. The van der Waals surface area contributed by atoms with Crippen LogP contribution in [0.1, 0.15) is 30.9 Å². The number of hydrogen-bond donors (Lipinski definition) is 0. The van der Waals surface area contributed by atoms with Crippen molar-refractivity contribution in [3.05, 3.63) is 65.5 Å². The van der Waals surface area contributed by atoms with Crippen LogP contribution in [0.4, 0.5) is 4.39 Å². The fourth-order valence-electron chi connectivity index (χ4n) is 3.58. The van der Waals surface area contributed by atoms with Crippen molar-refractivity contribution in [1.29, 1.82) is 0 Å². The molecular weight excluding hydrogens is 383 g/mol. The molecule has 0 bridgehead atoms. The third-order valence-electron chi connectivity index (χ3n) is 5.29. The quantitative estimate of drug-likeness (QED) is 0.700. The van der Waals surface area contributed by atoms with Crippen LogP contribution in [0.15, 0.2) is 48.5 Å². The van der Waals surface area contributed by atoms with E-state index < -0.39 is 0 Å². The zero-order chi connectivity index (χ0) is 21.3. The predicted molar refractivity (Wildman–Crippen MR) is 114 cm³/mol. The predicted octanol–water partition coefficient (Wildman–Crippen LogP) is 3.46. The fourth-order valence-corrected chi connectivity index (χ4v) is 3.58. The van der Waals surface area contributed by atoms with Crippen LogP contribution >= 0.6 is 0 Å². The highest BCUT2D eigenvalue weighted by molar-refractivity contribution is 5.80. The number of carbonyl (C=O) groups excluding carboxylic acids is 2. The van der Waals surface area contributed by atoms with E-state index in [9.17, 15) is 14.0 Å². The maximum absolute atomic E-state index is 13.0. The van der Waals surface area contributed by atoms with Gasteiger partial charge in [0.2, 0.25) is 5.91 Å². The SMILES string of the molecule is CCCc1ccc(OCC(=O)N2CCCN(C(=O)Cc3ccc(F)cc3)CC2)cc1. The second kappa shape index (κ2) is 10.8. The Bertz CT molecular complexity index is 837. The molecule has 160 valence electrons. The van der Waals surface area contributed by atoms with E-state index in [1.54, 1.807) is 21.9 Å². The Balaban J connectivity index is 1.46. The normalized spacial score (nSPS) is 14.3. The Morgan fingerprint density at radius 3 is 2.10 bits per heavy atom. The molecule has 0 aromatic heterocycles. The Labute approximate surface area is 177 Å². The van der Waals surface area contributed by atoms with Crippen molar-refractivity contribution < 1.29 is 18.7 Å². The lowest BCUT2D eigenvalue weighted by atomic mass is 10.1. The summed E-state index contributed by atoms with van der Waals surface area (Å²) >= 11 is 0. The van der Waals surface area contributed by atoms with Gasteiger partial charge in [-0.3, -0.25) is 9.59 Å². The molecule has 0 aliphatic carbocycles. The summed E-state index contributed by atoms with van der Waals surface area (Å²) in [7, 11) is 0. The zero-order valence-electron chi connectivity index (χ0n) is 17.5. The van der Waals surface area contributed by atoms with Gasteiger partial charge in [0.1, 0.15) is 11.6 Å². The summed E-state index contributed by atoms with van der Waals surface area (Å²) in [6, 6.07) is 13.8. The average Bonchev–Trinajstić information content (AvgIpc) is 3.01. The smallest absolute Gasteiger partial charge is 0.260 e. The van der Waals surface area contributed by atoms with Crippen LogP contribution in [0.5, 0.6) is 5.75 Å². The average molecular weight is 413 g/mol. The highest BCUT2D eigenvalue weighted by atomic mass is 19.1. The van der Waals surface area contributed by atoms with Crippen LogP contribution in [0, 0.1) is 5.82 Å². The molecule has 0 radical (unpaired) electrons. The van der Waals surface area contributed by atoms with E-state index in [0.29, 0.717) is 31.9 Å². The first-order chi connectivity index (χ1) is 14.5. The topological polar surface area (TPSA) is 49.9 Å². The lowest BCUT2D eigenvalue weighted by molar-refractivity contribution is -0.134. The maximum Gasteiger partial charge on any atom is 0.260 e. The second-order valence-electron chi connectivity index (χ2n) is 7.60. The molecule has 1 aliphatic rings. The van der Waals surface area contributed by atoms with Crippen LogP contribution in [0.2, 0.25) is 0 Å². The van der Waals surface area contributed by atoms with Gasteiger partial charge in [-0.1, -0.05) is 37.6 Å². The molecule has 2 amide bonds. The summed E-state index contributed by atoms with van der Waals surface area (Å²) in [5.41, 5.74) is 2.05. The molecule has 1 saturated heterocycles. The Kier molecular flexibility index (Phi) is 7.82. The van der Waals surface area contributed by atoms with Crippen LogP contribution in [0.3, 0.4) is 0 Å². The molecule has 0 unspecified atom stereocenters. The molecule has 5 nitrogen and oxygen atoms in total. The van der Waals surface area contributed by atoms with Crippen molar-refractivity contribution in [2.75, 3.05) is 32.8 Å². The van der Waals surface area contributed by atoms with Gasteiger partial charge < -0.3 is 14.5 Å². The Morgan fingerprint density at radius 2 is 1.47 bits per heavy atom. The van der Waals surface area contributed by atoms with Crippen LogP contribution < -0.4 is 4.74 Å². The molecule has 1 aliphatic heterocycles. The van der Waals surface area contributed by atoms with Gasteiger partial charge in [-0.25, -0.2) is 4.39 Å². The Hall–Kier alpha value is -2.89. The molecule has 0 saturated carbocycles. The summed E-state index contributed by atoms with van der Waals surface area (Å²) in [5.74, 6) is 0.308. The van der Waals surface area contributed by atoms with Crippen LogP contribution in [-0.4, -0.2) is 54.4 Å². The number of rotatable bonds is 7. The van der Waals surface area contributed by atoms with Gasteiger partial charge in [-0.05, 0) is 48.2 Å². The van der Waals surface area contributed by atoms with E-state index in [0.717, 1.165) is 24.8 Å². The molecule has 0 atom stereocenters. The number of nitrogens with zero attached hydrogens (tertiary/aromatic N) is 2. The molecule has 2 aromatic carbocycles. The third-order valence-corrected chi connectivity index (χ3v) is 5.29. The monoisotopic (exact) mass is 412 g/mol. The van der Waals surface area contributed by atoms with Crippen LogP contribution in [0.25, 0.3) is 0 Å². The summed E-state index contributed by atoms with van der Waals surface area (Å²) in [6.07, 6.45) is 3.10.